The summed E-state index contributed by atoms with van der Waals surface area (Å²) in [7, 11) is 0. The van der Waals surface area contributed by atoms with Crippen LogP contribution in [0.5, 0.6) is 0 Å². The van der Waals surface area contributed by atoms with Crippen LogP contribution in [0.2, 0.25) is 0 Å². The summed E-state index contributed by atoms with van der Waals surface area (Å²) in [5, 5.41) is 16.0. The van der Waals surface area contributed by atoms with Crippen LogP contribution in [0.1, 0.15) is 44.8 Å². The van der Waals surface area contributed by atoms with Crippen LogP contribution in [0.3, 0.4) is 0 Å². The van der Waals surface area contributed by atoms with Gasteiger partial charge in [0.05, 0.1) is 19.3 Å². The first-order valence-corrected chi connectivity index (χ1v) is 10.1. The SMILES string of the molecule is CCNC(=NCC1(CCO)CCOC1)NCCCOC(C)c1ccccc1. The van der Waals surface area contributed by atoms with Crippen LogP contribution in [0.25, 0.3) is 0 Å². The third-order valence-electron chi connectivity index (χ3n) is 4.99. The fraction of sp³-hybridized carbons (Fsp3) is 0.667. The summed E-state index contributed by atoms with van der Waals surface area (Å²) in [5.74, 6) is 0.817. The van der Waals surface area contributed by atoms with Gasteiger partial charge in [-0.3, -0.25) is 4.99 Å². The third kappa shape index (κ3) is 7.48. The molecule has 2 atom stereocenters. The molecule has 1 aromatic carbocycles. The molecule has 1 aliphatic heterocycles. The molecule has 3 N–H and O–H groups in total. The van der Waals surface area contributed by atoms with E-state index in [0.717, 1.165) is 44.9 Å². The van der Waals surface area contributed by atoms with Crippen molar-refractivity contribution in [1.82, 2.24) is 10.6 Å². The van der Waals surface area contributed by atoms with E-state index in [1.54, 1.807) is 0 Å². The molecule has 0 spiro atoms. The Bertz CT molecular complexity index is 545. The number of aliphatic hydroxyl groups excluding tert-OH is 1. The normalized spacial score (nSPS) is 21.2. The molecule has 0 aliphatic carbocycles. The maximum atomic E-state index is 9.34. The monoisotopic (exact) mass is 377 g/mol. The van der Waals surface area contributed by atoms with Gasteiger partial charge in [-0.1, -0.05) is 30.3 Å². The number of benzene rings is 1. The minimum atomic E-state index is -0.0225. The second kappa shape index (κ2) is 12.0. The fourth-order valence-corrected chi connectivity index (χ4v) is 3.24. The van der Waals surface area contributed by atoms with Gasteiger partial charge < -0.3 is 25.2 Å². The molecule has 1 heterocycles. The van der Waals surface area contributed by atoms with Gasteiger partial charge in [-0.05, 0) is 38.7 Å². The lowest BCUT2D eigenvalue weighted by atomic mass is 9.84. The van der Waals surface area contributed by atoms with E-state index >= 15 is 0 Å². The molecule has 6 nitrogen and oxygen atoms in total. The molecule has 2 rings (SSSR count). The minimum absolute atomic E-state index is 0.0225. The van der Waals surface area contributed by atoms with E-state index in [-0.39, 0.29) is 18.1 Å². The molecule has 1 saturated heterocycles. The van der Waals surface area contributed by atoms with E-state index in [4.69, 9.17) is 14.5 Å². The molecule has 152 valence electrons. The summed E-state index contributed by atoms with van der Waals surface area (Å²) in [4.78, 5) is 4.73. The van der Waals surface area contributed by atoms with Crippen molar-refractivity contribution >= 4 is 5.96 Å². The summed E-state index contributed by atoms with van der Waals surface area (Å²) in [6.07, 6.45) is 2.71. The maximum Gasteiger partial charge on any atom is 0.191 e. The molecular formula is C21H35N3O3. The average molecular weight is 378 g/mol. The van der Waals surface area contributed by atoms with E-state index in [0.29, 0.717) is 19.8 Å². The van der Waals surface area contributed by atoms with Crippen LogP contribution in [0.4, 0.5) is 0 Å². The van der Waals surface area contributed by atoms with Gasteiger partial charge >= 0.3 is 0 Å². The lowest BCUT2D eigenvalue weighted by Crippen LogP contribution is -2.39. The summed E-state index contributed by atoms with van der Waals surface area (Å²) in [6.45, 7) is 8.75. The van der Waals surface area contributed by atoms with Crippen molar-refractivity contribution in [3.63, 3.8) is 0 Å². The van der Waals surface area contributed by atoms with Crippen LogP contribution in [0, 0.1) is 5.41 Å². The Hall–Kier alpha value is -1.63. The summed E-state index contributed by atoms with van der Waals surface area (Å²) < 4.78 is 11.5. The first-order valence-electron chi connectivity index (χ1n) is 10.1. The van der Waals surface area contributed by atoms with Gasteiger partial charge in [0, 0.05) is 38.3 Å². The Morgan fingerprint density at radius 2 is 2.15 bits per heavy atom. The number of aliphatic imine (C=N–C) groups is 1. The molecule has 0 radical (unpaired) electrons. The molecule has 27 heavy (non-hydrogen) atoms. The van der Waals surface area contributed by atoms with Crippen molar-refractivity contribution in [2.45, 2.75) is 39.2 Å². The van der Waals surface area contributed by atoms with Crippen LogP contribution < -0.4 is 10.6 Å². The quantitative estimate of drug-likeness (QED) is 0.314. The van der Waals surface area contributed by atoms with E-state index in [1.165, 1.54) is 5.56 Å². The highest BCUT2D eigenvalue weighted by molar-refractivity contribution is 5.79. The maximum absolute atomic E-state index is 9.34. The van der Waals surface area contributed by atoms with Gasteiger partial charge in [0.25, 0.3) is 0 Å². The van der Waals surface area contributed by atoms with Crippen molar-refractivity contribution in [2.24, 2.45) is 10.4 Å². The number of hydrogen-bond acceptors (Lipinski definition) is 4. The predicted molar refractivity (Wildman–Crippen MR) is 109 cm³/mol. The average Bonchev–Trinajstić information content (AvgIpc) is 3.15. The zero-order valence-corrected chi connectivity index (χ0v) is 16.7. The van der Waals surface area contributed by atoms with E-state index in [2.05, 4.69) is 36.6 Å². The highest BCUT2D eigenvalue weighted by atomic mass is 16.5. The first kappa shape index (κ1) is 21.7. The smallest absolute Gasteiger partial charge is 0.191 e. The zero-order chi connectivity index (χ0) is 19.4. The fourth-order valence-electron chi connectivity index (χ4n) is 3.24. The van der Waals surface area contributed by atoms with Gasteiger partial charge in [-0.15, -0.1) is 0 Å². The molecule has 6 heteroatoms. The van der Waals surface area contributed by atoms with Crippen LogP contribution >= 0.6 is 0 Å². The van der Waals surface area contributed by atoms with Crippen molar-refractivity contribution in [3.05, 3.63) is 35.9 Å². The van der Waals surface area contributed by atoms with Crippen LogP contribution in [-0.2, 0) is 9.47 Å². The lowest BCUT2D eigenvalue weighted by Gasteiger charge is -2.24. The number of guanidine groups is 1. The Kier molecular flexibility index (Phi) is 9.59. The van der Waals surface area contributed by atoms with Gasteiger partial charge in [-0.25, -0.2) is 0 Å². The molecule has 0 saturated carbocycles. The standard InChI is InChI=1S/C21H35N3O3/c1-3-22-20(24-16-21(10-13-25)11-15-26-17-21)23-12-7-14-27-18(2)19-8-5-4-6-9-19/h4-6,8-9,18,25H,3,7,10-17H2,1-2H3,(H2,22,23,24). The number of hydrogen-bond donors (Lipinski definition) is 3. The highest BCUT2D eigenvalue weighted by Gasteiger charge is 2.34. The number of aliphatic hydroxyl groups is 1. The summed E-state index contributed by atoms with van der Waals surface area (Å²) >= 11 is 0. The van der Waals surface area contributed by atoms with E-state index < -0.39 is 0 Å². The summed E-state index contributed by atoms with van der Waals surface area (Å²) in [5.41, 5.74) is 1.18. The Balaban J connectivity index is 1.72. The topological polar surface area (TPSA) is 75.1 Å². The number of nitrogens with one attached hydrogen (secondary N) is 2. The molecule has 1 aromatic rings. The van der Waals surface area contributed by atoms with Crippen molar-refractivity contribution in [2.75, 3.05) is 46.1 Å². The molecular weight excluding hydrogens is 342 g/mol. The van der Waals surface area contributed by atoms with E-state index in [9.17, 15) is 5.11 Å². The Morgan fingerprint density at radius 3 is 2.81 bits per heavy atom. The van der Waals surface area contributed by atoms with Crippen molar-refractivity contribution in [1.29, 1.82) is 0 Å². The molecule has 0 amide bonds. The lowest BCUT2D eigenvalue weighted by molar-refractivity contribution is 0.0646. The van der Waals surface area contributed by atoms with Crippen LogP contribution in [-0.4, -0.2) is 57.1 Å². The molecule has 1 fully saturated rings. The molecule has 1 aliphatic rings. The first-order chi connectivity index (χ1) is 13.2. The van der Waals surface area contributed by atoms with Crippen LogP contribution in [0.15, 0.2) is 35.3 Å². The summed E-state index contributed by atoms with van der Waals surface area (Å²) in [6, 6.07) is 10.3. The predicted octanol–water partition coefficient (Wildman–Crippen LogP) is 2.50. The van der Waals surface area contributed by atoms with Gasteiger partial charge in [0.2, 0.25) is 0 Å². The second-order valence-corrected chi connectivity index (χ2v) is 7.18. The Morgan fingerprint density at radius 1 is 1.33 bits per heavy atom. The third-order valence-corrected chi connectivity index (χ3v) is 4.99. The van der Waals surface area contributed by atoms with Gasteiger partial charge in [-0.2, -0.15) is 0 Å². The second-order valence-electron chi connectivity index (χ2n) is 7.18. The number of nitrogens with zero attached hydrogens (tertiary/aromatic N) is 1. The number of ether oxygens (including phenoxy) is 2. The highest BCUT2D eigenvalue weighted by Crippen LogP contribution is 2.32. The molecule has 0 bridgehead atoms. The largest absolute Gasteiger partial charge is 0.396 e. The Labute approximate surface area is 163 Å². The zero-order valence-electron chi connectivity index (χ0n) is 16.7. The van der Waals surface area contributed by atoms with E-state index in [1.807, 2.05) is 18.2 Å². The minimum Gasteiger partial charge on any atom is -0.396 e. The van der Waals surface area contributed by atoms with Crippen molar-refractivity contribution in [3.8, 4) is 0 Å². The molecule has 0 aromatic heterocycles. The van der Waals surface area contributed by atoms with Crippen molar-refractivity contribution < 1.29 is 14.6 Å². The number of rotatable bonds is 11. The van der Waals surface area contributed by atoms with Gasteiger partial charge in [0.1, 0.15) is 0 Å². The molecule has 2 unspecified atom stereocenters. The van der Waals surface area contributed by atoms with Gasteiger partial charge in [0.15, 0.2) is 5.96 Å².